The van der Waals surface area contributed by atoms with E-state index in [0.717, 1.165) is 46.4 Å². The van der Waals surface area contributed by atoms with Gasteiger partial charge in [0.15, 0.2) is 0 Å². The molecule has 0 spiro atoms. The number of nitrogens with one attached hydrogen (secondary N) is 1. The number of carbonyl (C=O) groups is 3. The normalized spacial score (nSPS) is 24.3. The standard InChI is InChI=1S/C24H27NO5S/c1-11-5-6-12(2)16(9-11)17-13(3)31-22(20(17)24(29)30-4)25-21(26)18-14-7-8-15(10-14)19(18)23(27)28/h5-6,9,14-15,18-19H,7-8,10H2,1-4H3,(H,25,26)(H,27,28)/t14-,15-,18-,19+/m0/s1. The van der Waals surface area contributed by atoms with Crippen molar-refractivity contribution in [3.63, 3.8) is 0 Å². The summed E-state index contributed by atoms with van der Waals surface area (Å²) in [6.45, 7) is 5.89. The highest BCUT2D eigenvalue weighted by Gasteiger charge is 2.54. The summed E-state index contributed by atoms with van der Waals surface area (Å²) in [7, 11) is 1.32. The molecule has 1 heterocycles. The number of thiophene rings is 1. The average Bonchev–Trinajstić information content (AvgIpc) is 3.42. The van der Waals surface area contributed by atoms with Gasteiger partial charge in [0.25, 0.3) is 0 Å². The number of aliphatic carboxylic acids is 1. The third-order valence-electron chi connectivity index (χ3n) is 6.88. The van der Waals surface area contributed by atoms with E-state index in [4.69, 9.17) is 4.74 Å². The Bertz CT molecular complexity index is 1070. The number of benzene rings is 1. The van der Waals surface area contributed by atoms with Crippen LogP contribution in [-0.4, -0.2) is 30.1 Å². The smallest absolute Gasteiger partial charge is 0.341 e. The number of hydrogen-bond acceptors (Lipinski definition) is 5. The number of carbonyl (C=O) groups excluding carboxylic acids is 2. The molecule has 2 aromatic rings. The Morgan fingerprint density at radius 3 is 2.42 bits per heavy atom. The van der Waals surface area contributed by atoms with Gasteiger partial charge in [0, 0.05) is 10.4 Å². The van der Waals surface area contributed by atoms with Crippen molar-refractivity contribution in [2.24, 2.45) is 23.7 Å². The molecule has 2 fully saturated rings. The molecule has 4 atom stereocenters. The summed E-state index contributed by atoms with van der Waals surface area (Å²) in [4.78, 5) is 38.8. The Labute approximate surface area is 185 Å². The topological polar surface area (TPSA) is 92.7 Å². The van der Waals surface area contributed by atoms with E-state index in [-0.39, 0.29) is 17.7 Å². The molecule has 2 aliphatic rings. The Hall–Kier alpha value is -2.67. The molecule has 1 aromatic carbocycles. The van der Waals surface area contributed by atoms with Crippen molar-refractivity contribution in [3.8, 4) is 11.1 Å². The first-order valence-electron chi connectivity index (χ1n) is 10.6. The van der Waals surface area contributed by atoms with Gasteiger partial charge in [0.05, 0.1) is 18.9 Å². The average molecular weight is 442 g/mol. The van der Waals surface area contributed by atoms with Crippen molar-refractivity contribution in [1.29, 1.82) is 0 Å². The second-order valence-electron chi connectivity index (χ2n) is 8.76. The highest BCUT2D eigenvalue weighted by molar-refractivity contribution is 7.17. The zero-order valence-corrected chi connectivity index (χ0v) is 19.0. The number of ether oxygens (including phenoxy) is 1. The lowest BCUT2D eigenvalue weighted by Crippen LogP contribution is -2.37. The summed E-state index contributed by atoms with van der Waals surface area (Å²) in [6.07, 6.45) is 2.54. The maximum Gasteiger partial charge on any atom is 0.341 e. The highest BCUT2D eigenvalue weighted by atomic mass is 32.1. The van der Waals surface area contributed by atoms with Crippen LogP contribution in [0.4, 0.5) is 5.00 Å². The SMILES string of the molecule is COC(=O)c1c(NC(=O)[C@H]2[C@H]3CC[C@@H](C3)[C@H]2C(=O)O)sc(C)c1-c1cc(C)ccc1C. The lowest BCUT2D eigenvalue weighted by atomic mass is 9.78. The lowest BCUT2D eigenvalue weighted by molar-refractivity contribution is -0.148. The van der Waals surface area contributed by atoms with Gasteiger partial charge in [-0.3, -0.25) is 9.59 Å². The van der Waals surface area contributed by atoms with E-state index >= 15 is 0 Å². The van der Waals surface area contributed by atoms with Gasteiger partial charge in [0.1, 0.15) is 10.6 Å². The number of amides is 1. The predicted molar refractivity (Wildman–Crippen MR) is 119 cm³/mol. The maximum absolute atomic E-state index is 13.2. The molecule has 7 heteroatoms. The third kappa shape index (κ3) is 3.65. The van der Waals surface area contributed by atoms with E-state index in [9.17, 15) is 19.5 Å². The van der Waals surface area contributed by atoms with Gasteiger partial charge in [-0.15, -0.1) is 11.3 Å². The molecule has 4 rings (SSSR count). The van der Waals surface area contributed by atoms with Gasteiger partial charge in [-0.25, -0.2) is 4.79 Å². The monoisotopic (exact) mass is 441 g/mol. The molecular weight excluding hydrogens is 414 g/mol. The quantitative estimate of drug-likeness (QED) is 0.650. The number of rotatable bonds is 5. The Morgan fingerprint density at radius 2 is 1.77 bits per heavy atom. The van der Waals surface area contributed by atoms with Crippen LogP contribution in [-0.2, 0) is 14.3 Å². The number of aryl methyl sites for hydroxylation is 3. The summed E-state index contributed by atoms with van der Waals surface area (Å²) >= 11 is 1.33. The van der Waals surface area contributed by atoms with Crippen LogP contribution in [0, 0.1) is 44.4 Å². The number of methoxy groups -OCH3 is 1. The van der Waals surface area contributed by atoms with Gasteiger partial charge < -0.3 is 15.2 Å². The van der Waals surface area contributed by atoms with Crippen LogP contribution in [0.15, 0.2) is 18.2 Å². The largest absolute Gasteiger partial charge is 0.481 e. The molecule has 2 N–H and O–H groups in total. The molecule has 2 aliphatic carbocycles. The number of esters is 1. The van der Waals surface area contributed by atoms with Crippen molar-refractivity contribution >= 4 is 34.2 Å². The van der Waals surface area contributed by atoms with Crippen molar-refractivity contribution in [2.75, 3.05) is 12.4 Å². The van der Waals surface area contributed by atoms with Gasteiger partial charge >= 0.3 is 11.9 Å². The minimum atomic E-state index is -0.904. The van der Waals surface area contributed by atoms with Crippen LogP contribution in [0.3, 0.4) is 0 Å². The van der Waals surface area contributed by atoms with E-state index in [2.05, 4.69) is 5.32 Å². The Balaban J connectivity index is 1.74. The minimum Gasteiger partial charge on any atom is -0.481 e. The van der Waals surface area contributed by atoms with Crippen LogP contribution in [0.2, 0.25) is 0 Å². The van der Waals surface area contributed by atoms with Crippen molar-refractivity contribution in [3.05, 3.63) is 39.8 Å². The molecule has 164 valence electrons. The number of hydrogen-bond donors (Lipinski definition) is 2. The predicted octanol–water partition coefficient (Wildman–Crippen LogP) is 4.81. The molecule has 6 nitrogen and oxygen atoms in total. The Kier molecular flexibility index (Phi) is 5.64. The number of anilines is 1. The fraction of sp³-hybridized carbons (Fsp3) is 0.458. The summed E-state index contributed by atoms with van der Waals surface area (Å²) in [5, 5.41) is 13.0. The van der Waals surface area contributed by atoms with Crippen LogP contribution in [0.5, 0.6) is 0 Å². The minimum absolute atomic E-state index is 0.0638. The molecule has 0 radical (unpaired) electrons. The molecular formula is C24H27NO5S. The van der Waals surface area contributed by atoms with E-state index in [0.29, 0.717) is 10.6 Å². The van der Waals surface area contributed by atoms with E-state index < -0.39 is 23.8 Å². The molecule has 31 heavy (non-hydrogen) atoms. The molecule has 1 aromatic heterocycles. The van der Waals surface area contributed by atoms with E-state index in [1.807, 2.05) is 39.0 Å². The molecule has 2 bridgehead atoms. The van der Waals surface area contributed by atoms with Gasteiger partial charge in [-0.2, -0.15) is 0 Å². The van der Waals surface area contributed by atoms with Crippen molar-refractivity contribution < 1.29 is 24.2 Å². The first-order valence-corrected chi connectivity index (χ1v) is 11.4. The first kappa shape index (κ1) is 21.6. The lowest BCUT2D eigenvalue weighted by Gasteiger charge is -2.26. The molecule has 2 saturated carbocycles. The second kappa shape index (κ2) is 8.11. The zero-order chi connectivity index (χ0) is 22.4. The number of carboxylic acid groups (broad SMARTS) is 1. The fourth-order valence-electron chi connectivity index (χ4n) is 5.48. The van der Waals surface area contributed by atoms with Gasteiger partial charge in [-0.1, -0.05) is 23.8 Å². The van der Waals surface area contributed by atoms with Crippen LogP contribution in [0.1, 0.15) is 45.6 Å². The van der Waals surface area contributed by atoms with Crippen molar-refractivity contribution in [2.45, 2.75) is 40.0 Å². The van der Waals surface area contributed by atoms with Crippen LogP contribution in [0.25, 0.3) is 11.1 Å². The highest BCUT2D eigenvalue weighted by Crippen LogP contribution is 2.53. The number of carboxylic acids is 1. The van der Waals surface area contributed by atoms with Crippen LogP contribution >= 0.6 is 11.3 Å². The number of fused-ring (bicyclic) bond motifs is 2. The fourth-order valence-corrected chi connectivity index (χ4v) is 6.54. The van der Waals surface area contributed by atoms with Crippen LogP contribution < -0.4 is 5.32 Å². The summed E-state index contributed by atoms with van der Waals surface area (Å²) in [5.41, 5.74) is 4.11. The molecule has 0 unspecified atom stereocenters. The van der Waals surface area contributed by atoms with Crippen molar-refractivity contribution in [1.82, 2.24) is 0 Å². The third-order valence-corrected chi connectivity index (χ3v) is 7.90. The van der Waals surface area contributed by atoms with E-state index in [1.54, 1.807) is 0 Å². The summed E-state index contributed by atoms with van der Waals surface area (Å²) in [6, 6.07) is 6.05. The molecule has 0 saturated heterocycles. The zero-order valence-electron chi connectivity index (χ0n) is 18.2. The second-order valence-corrected chi connectivity index (χ2v) is 9.98. The van der Waals surface area contributed by atoms with Gasteiger partial charge in [-0.05, 0) is 63.0 Å². The summed E-state index contributed by atoms with van der Waals surface area (Å²) in [5.74, 6) is -2.79. The summed E-state index contributed by atoms with van der Waals surface area (Å²) < 4.78 is 5.06. The first-order chi connectivity index (χ1) is 14.7. The van der Waals surface area contributed by atoms with E-state index in [1.165, 1.54) is 18.4 Å². The Morgan fingerprint density at radius 1 is 1.10 bits per heavy atom. The maximum atomic E-state index is 13.2. The molecule has 1 amide bonds. The molecule has 0 aliphatic heterocycles. The van der Waals surface area contributed by atoms with Gasteiger partial charge in [0.2, 0.25) is 5.91 Å².